The largest absolute Gasteiger partial charge is 0.494 e. The van der Waals surface area contributed by atoms with Gasteiger partial charge in [0, 0.05) is 15.7 Å². The summed E-state index contributed by atoms with van der Waals surface area (Å²) in [6, 6.07) is 11.2. The van der Waals surface area contributed by atoms with Crippen molar-refractivity contribution in [2.24, 2.45) is 0 Å². The van der Waals surface area contributed by atoms with Gasteiger partial charge < -0.3 is 10.1 Å². The fourth-order valence-corrected chi connectivity index (χ4v) is 1.97. The van der Waals surface area contributed by atoms with Gasteiger partial charge in [0.05, 0.1) is 7.11 Å². The molecular weight excluding hydrogens is 313 g/mol. The van der Waals surface area contributed by atoms with Gasteiger partial charge in [0.25, 0.3) is 5.91 Å². The summed E-state index contributed by atoms with van der Waals surface area (Å²) < 4.78 is 19.0. The van der Waals surface area contributed by atoms with Gasteiger partial charge in [-0.05, 0) is 36.4 Å². The molecule has 0 heterocycles. The summed E-state index contributed by atoms with van der Waals surface area (Å²) in [6.07, 6.45) is 0. The molecule has 2 rings (SSSR count). The minimum Gasteiger partial charge on any atom is -0.494 e. The summed E-state index contributed by atoms with van der Waals surface area (Å²) in [7, 11) is 1.36. The lowest BCUT2D eigenvalue weighted by Gasteiger charge is -2.07. The maximum atomic E-state index is 13.3. The first kappa shape index (κ1) is 13.5. The number of hydrogen-bond donors (Lipinski definition) is 1. The molecule has 0 saturated heterocycles. The summed E-state index contributed by atoms with van der Waals surface area (Å²) in [6.45, 7) is 0. The van der Waals surface area contributed by atoms with Crippen LogP contribution in [0.15, 0.2) is 46.9 Å². The third-order valence-corrected chi connectivity index (χ3v) is 2.99. The summed E-state index contributed by atoms with van der Waals surface area (Å²) >= 11 is 3.32. The number of rotatable bonds is 3. The van der Waals surface area contributed by atoms with Crippen LogP contribution in [0.2, 0.25) is 0 Å². The van der Waals surface area contributed by atoms with Crippen LogP contribution in [-0.4, -0.2) is 13.0 Å². The standard InChI is InChI=1S/C14H11BrFNO2/c1-19-13-7-9(5-6-12(13)16)14(18)17-11-4-2-3-10(15)8-11/h2-8H,1H3,(H,17,18). The molecule has 0 radical (unpaired) electrons. The second kappa shape index (κ2) is 5.84. The van der Waals surface area contributed by atoms with E-state index in [-0.39, 0.29) is 11.7 Å². The number of halogens is 2. The summed E-state index contributed by atoms with van der Waals surface area (Å²) in [4.78, 5) is 12.0. The van der Waals surface area contributed by atoms with Crippen molar-refractivity contribution in [1.82, 2.24) is 0 Å². The number of benzene rings is 2. The van der Waals surface area contributed by atoms with Crippen LogP contribution in [-0.2, 0) is 0 Å². The Balaban J connectivity index is 2.20. The minimum atomic E-state index is -0.499. The van der Waals surface area contributed by atoms with E-state index in [2.05, 4.69) is 21.2 Å². The Kier molecular flexibility index (Phi) is 4.16. The van der Waals surface area contributed by atoms with E-state index in [4.69, 9.17) is 4.74 Å². The highest BCUT2D eigenvalue weighted by Gasteiger charge is 2.10. The van der Waals surface area contributed by atoms with Gasteiger partial charge in [-0.15, -0.1) is 0 Å². The van der Waals surface area contributed by atoms with Crippen LogP contribution in [0, 0.1) is 5.82 Å². The molecule has 2 aromatic rings. The minimum absolute atomic E-state index is 0.0434. The first-order valence-corrected chi connectivity index (χ1v) is 6.30. The van der Waals surface area contributed by atoms with Crippen molar-refractivity contribution in [3.05, 3.63) is 58.3 Å². The van der Waals surface area contributed by atoms with Crippen LogP contribution in [0.3, 0.4) is 0 Å². The van der Waals surface area contributed by atoms with Gasteiger partial charge in [-0.2, -0.15) is 0 Å². The van der Waals surface area contributed by atoms with Crippen LogP contribution < -0.4 is 10.1 Å². The molecule has 0 aliphatic heterocycles. The van der Waals surface area contributed by atoms with E-state index in [1.807, 2.05) is 12.1 Å². The molecule has 0 atom stereocenters. The van der Waals surface area contributed by atoms with E-state index in [9.17, 15) is 9.18 Å². The molecule has 0 aromatic heterocycles. The quantitative estimate of drug-likeness (QED) is 0.931. The lowest BCUT2D eigenvalue weighted by atomic mass is 10.2. The lowest BCUT2D eigenvalue weighted by molar-refractivity contribution is 0.102. The van der Waals surface area contributed by atoms with Crippen molar-refractivity contribution in [1.29, 1.82) is 0 Å². The average Bonchev–Trinajstić information content (AvgIpc) is 2.39. The highest BCUT2D eigenvalue weighted by atomic mass is 79.9. The van der Waals surface area contributed by atoms with Gasteiger partial charge in [0.1, 0.15) is 0 Å². The Bertz CT molecular complexity index is 616. The fourth-order valence-electron chi connectivity index (χ4n) is 1.57. The van der Waals surface area contributed by atoms with Crippen LogP contribution in [0.25, 0.3) is 0 Å². The van der Waals surface area contributed by atoms with Crippen LogP contribution in [0.4, 0.5) is 10.1 Å². The van der Waals surface area contributed by atoms with Crippen LogP contribution in [0.5, 0.6) is 5.75 Å². The molecule has 19 heavy (non-hydrogen) atoms. The van der Waals surface area contributed by atoms with E-state index in [0.717, 1.165) is 4.47 Å². The number of carbonyl (C=O) groups excluding carboxylic acids is 1. The van der Waals surface area contributed by atoms with Gasteiger partial charge in [-0.1, -0.05) is 22.0 Å². The fraction of sp³-hybridized carbons (Fsp3) is 0.0714. The molecule has 98 valence electrons. The van der Waals surface area contributed by atoms with Crippen LogP contribution >= 0.6 is 15.9 Å². The van der Waals surface area contributed by atoms with Crippen molar-refractivity contribution < 1.29 is 13.9 Å². The normalized spacial score (nSPS) is 10.1. The zero-order valence-corrected chi connectivity index (χ0v) is 11.7. The number of ether oxygens (including phenoxy) is 1. The molecule has 2 aromatic carbocycles. The molecule has 0 fully saturated rings. The number of nitrogens with one attached hydrogen (secondary N) is 1. The molecule has 0 bridgehead atoms. The van der Waals surface area contributed by atoms with Gasteiger partial charge in [0.2, 0.25) is 0 Å². The number of hydrogen-bond acceptors (Lipinski definition) is 2. The zero-order chi connectivity index (χ0) is 13.8. The zero-order valence-electron chi connectivity index (χ0n) is 10.1. The Hall–Kier alpha value is -1.88. The van der Waals surface area contributed by atoms with E-state index >= 15 is 0 Å². The second-order valence-corrected chi connectivity index (χ2v) is 4.73. The topological polar surface area (TPSA) is 38.3 Å². The Morgan fingerprint density at radius 2 is 2.05 bits per heavy atom. The highest BCUT2D eigenvalue weighted by Crippen LogP contribution is 2.20. The van der Waals surface area contributed by atoms with Gasteiger partial charge in [0.15, 0.2) is 11.6 Å². The molecule has 1 amide bonds. The summed E-state index contributed by atoms with van der Waals surface area (Å²) in [5.74, 6) is -0.778. The SMILES string of the molecule is COc1cc(C(=O)Nc2cccc(Br)c2)ccc1F. The molecule has 3 nitrogen and oxygen atoms in total. The molecule has 0 aliphatic carbocycles. The molecule has 5 heteroatoms. The van der Waals surface area contributed by atoms with E-state index in [1.165, 1.54) is 25.3 Å². The second-order valence-electron chi connectivity index (χ2n) is 3.81. The Morgan fingerprint density at radius 3 is 2.74 bits per heavy atom. The maximum Gasteiger partial charge on any atom is 0.255 e. The van der Waals surface area contributed by atoms with E-state index in [1.54, 1.807) is 12.1 Å². The molecule has 0 saturated carbocycles. The Labute approximate surface area is 118 Å². The van der Waals surface area contributed by atoms with Gasteiger partial charge >= 0.3 is 0 Å². The molecule has 0 spiro atoms. The predicted molar refractivity (Wildman–Crippen MR) is 75.0 cm³/mol. The van der Waals surface area contributed by atoms with Crippen molar-refractivity contribution in [2.75, 3.05) is 12.4 Å². The molecule has 0 unspecified atom stereocenters. The summed E-state index contributed by atoms with van der Waals surface area (Å²) in [5, 5.41) is 2.72. The third kappa shape index (κ3) is 3.32. The Morgan fingerprint density at radius 1 is 1.26 bits per heavy atom. The van der Waals surface area contributed by atoms with Crippen LogP contribution in [0.1, 0.15) is 10.4 Å². The summed E-state index contributed by atoms with van der Waals surface area (Å²) in [5.41, 5.74) is 0.987. The first-order chi connectivity index (χ1) is 9.10. The number of anilines is 1. The number of methoxy groups -OCH3 is 1. The van der Waals surface area contributed by atoms with Crippen molar-refractivity contribution in [3.63, 3.8) is 0 Å². The molecule has 0 aliphatic rings. The molecular formula is C14H11BrFNO2. The van der Waals surface area contributed by atoms with Crippen molar-refractivity contribution >= 4 is 27.5 Å². The monoisotopic (exact) mass is 323 g/mol. The highest BCUT2D eigenvalue weighted by molar-refractivity contribution is 9.10. The van der Waals surface area contributed by atoms with Gasteiger partial charge in [-0.25, -0.2) is 4.39 Å². The number of amides is 1. The third-order valence-electron chi connectivity index (χ3n) is 2.50. The predicted octanol–water partition coefficient (Wildman–Crippen LogP) is 3.85. The van der Waals surface area contributed by atoms with E-state index < -0.39 is 5.82 Å². The van der Waals surface area contributed by atoms with Gasteiger partial charge in [-0.3, -0.25) is 4.79 Å². The first-order valence-electron chi connectivity index (χ1n) is 5.50. The maximum absolute atomic E-state index is 13.3. The van der Waals surface area contributed by atoms with Crippen molar-refractivity contribution in [3.8, 4) is 5.75 Å². The lowest BCUT2D eigenvalue weighted by Crippen LogP contribution is -2.12. The molecule has 1 N–H and O–H groups in total. The smallest absolute Gasteiger partial charge is 0.255 e. The average molecular weight is 324 g/mol. The van der Waals surface area contributed by atoms with Crippen molar-refractivity contribution in [2.45, 2.75) is 0 Å². The van der Waals surface area contributed by atoms with E-state index in [0.29, 0.717) is 11.3 Å². The number of carbonyl (C=O) groups is 1.